The Labute approximate surface area is 132 Å². The van der Waals surface area contributed by atoms with Gasteiger partial charge in [-0.05, 0) is 31.5 Å². The lowest BCUT2D eigenvalue weighted by molar-refractivity contribution is 0.415. The van der Waals surface area contributed by atoms with Gasteiger partial charge in [-0.15, -0.1) is 11.3 Å². The average Bonchev–Trinajstić information content (AvgIpc) is 2.91. The van der Waals surface area contributed by atoms with Gasteiger partial charge in [0.15, 0.2) is 0 Å². The van der Waals surface area contributed by atoms with E-state index in [1.807, 2.05) is 43.5 Å². The number of hydrogen-bond acceptors (Lipinski definition) is 5. The maximum Gasteiger partial charge on any atom is 0.270 e. The molecule has 0 saturated heterocycles. The highest BCUT2D eigenvalue weighted by Crippen LogP contribution is 2.32. The summed E-state index contributed by atoms with van der Waals surface area (Å²) >= 11 is 1.41. The molecule has 1 aromatic carbocycles. The Hall–Kier alpha value is -2.34. The highest BCUT2D eigenvalue weighted by molar-refractivity contribution is 7.17. The first kappa shape index (κ1) is 14.6. The fourth-order valence-corrected chi connectivity index (χ4v) is 3.15. The number of ether oxygens (including phenoxy) is 1. The van der Waals surface area contributed by atoms with E-state index >= 15 is 0 Å². The molecule has 114 valence electrons. The van der Waals surface area contributed by atoms with Crippen LogP contribution in [0.1, 0.15) is 13.8 Å². The van der Waals surface area contributed by atoms with E-state index in [2.05, 4.69) is 15.3 Å². The van der Waals surface area contributed by atoms with Crippen LogP contribution >= 0.6 is 11.3 Å². The van der Waals surface area contributed by atoms with Gasteiger partial charge >= 0.3 is 0 Å². The first-order chi connectivity index (χ1) is 10.6. The summed E-state index contributed by atoms with van der Waals surface area (Å²) in [7, 11) is 1.64. The number of thiophene rings is 1. The van der Waals surface area contributed by atoms with Crippen molar-refractivity contribution < 1.29 is 4.74 Å². The Kier molecular flexibility index (Phi) is 3.85. The highest BCUT2D eigenvalue weighted by Gasteiger charge is 2.13. The van der Waals surface area contributed by atoms with Gasteiger partial charge in [0.2, 0.25) is 5.95 Å². The van der Waals surface area contributed by atoms with E-state index in [4.69, 9.17) is 4.74 Å². The number of hydrogen-bond donors (Lipinski definition) is 2. The van der Waals surface area contributed by atoms with E-state index in [9.17, 15) is 4.79 Å². The van der Waals surface area contributed by atoms with Crippen molar-refractivity contribution in [3.8, 4) is 16.9 Å². The molecular weight excluding hydrogens is 298 g/mol. The monoisotopic (exact) mass is 315 g/mol. The molecule has 5 nitrogen and oxygen atoms in total. The van der Waals surface area contributed by atoms with Crippen LogP contribution in [0, 0.1) is 0 Å². The molecule has 0 radical (unpaired) electrons. The van der Waals surface area contributed by atoms with E-state index < -0.39 is 0 Å². The van der Waals surface area contributed by atoms with Crippen molar-refractivity contribution in [3.05, 3.63) is 40.0 Å². The minimum Gasteiger partial charge on any atom is -0.497 e. The first-order valence-corrected chi connectivity index (χ1v) is 7.89. The molecule has 0 atom stereocenters. The third-order valence-corrected chi connectivity index (χ3v) is 4.22. The van der Waals surface area contributed by atoms with Gasteiger partial charge in [-0.2, -0.15) is 0 Å². The number of H-pyrrole nitrogens is 1. The lowest BCUT2D eigenvalue weighted by Gasteiger charge is -2.08. The molecule has 0 aliphatic carbocycles. The summed E-state index contributed by atoms with van der Waals surface area (Å²) in [4.78, 5) is 19.5. The topological polar surface area (TPSA) is 67.0 Å². The quantitative estimate of drug-likeness (QED) is 0.773. The second-order valence-electron chi connectivity index (χ2n) is 5.27. The molecule has 2 heterocycles. The summed E-state index contributed by atoms with van der Waals surface area (Å²) in [6, 6.07) is 7.94. The number of benzene rings is 1. The minimum atomic E-state index is -0.113. The van der Waals surface area contributed by atoms with Crippen LogP contribution < -0.4 is 15.6 Å². The molecule has 0 fully saturated rings. The van der Waals surface area contributed by atoms with E-state index in [-0.39, 0.29) is 11.6 Å². The zero-order valence-corrected chi connectivity index (χ0v) is 13.5. The van der Waals surface area contributed by atoms with Gasteiger partial charge in [0.1, 0.15) is 10.4 Å². The normalized spacial score (nSPS) is 11.1. The molecule has 0 bridgehead atoms. The Balaban J connectivity index is 2.13. The number of methoxy groups -OCH3 is 1. The summed E-state index contributed by atoms with van der Waals surface area (Å²) in [5.41, 5.74) is 2.58. The predicted molar refractivity (Wildman–Crippen MR) is 91.0 cm³/mol. The summed E-state index contributed by atoms with van der Waals surface area (Å²) in [5.74, 6) is 1.30. The maximum atomic E-state index is 12.2. The molecule has 0 unspecified atom stereocenters. The van der Waals surface area contributed by atoms with Crippen molar-refractivity contribution >= 4 is 27.5 Å². The van der Waals surface area contributed by atoms with E-state index in [1.165, 1.54) is 11.3 Å². The second-order valence-corrected chi connectivity index (χ2v) is 6.15. The third-order valence-electron chi connectivity index (χ3n) is 3.25. The number of nitrogens with zero attached hydrogens (tertiary/aromatic N) is 1. The standard InChI is InChI=1S/C16H17N3O2S/c1-9(2)17-16-18-13-12(8-22-14(13)15(20)19-16)10-4-6-11(21-3)7-5-10/h4-9H,1-3H3,(H2,17,18,19,20). The van der Waals surface area contributed by atoms with Crippen molar-refractivity contribution in [3.63, 3.8) is 0 Å². The average molecular weight is 315 g/mol. The molecule has 3 rings (SSSR count). The van der Waals surface area contributed by atoms with Gasteiger partial charge in [-0.25, -0.2) is 4.98 Å². The van der Waals surface area contributed by atoms with E-state index in [0.29, 0.717) is 10.6 Å². The molecule has 0 aliphatic rings. The van der Waals surface area contributed by atoms with Crippen molar-refractivity contribution in [1.82, 2.24) is 9.97 Å². The first-order valence-electron chi connectivity index (χ1n) is 7.01. The zero-order chi connectivity index (χ0) is 15.7. The Bertz CT molecular complexity index is 850. The van der Waals surface area contributed by atoms with Crippen molar-refractivity contribution in [2.75, 3.05) is 12.4 Å². The van der Waals surface area contributed by atoms with E-state index in [0.717, 1.165) is 22.4 Å². The second kappa shape index (κ2) is 5.81. The maximum absolute atomic E-state index is 12.2. The molecule has 6 heteroatoms. The van der Waals surface area contributed by atoms with Gasteiger partial charge in [0, 0.05) is 17.0 Å². The van der Waals surface area contributed by atoms with Crippen LogP contribution in [0.25, 0.3) is 21.3 Å². The number of aromatic nitrogens is 2. The van der Waals surface area contributed by atoms with Crippen molar-refractivity contribution in [2.24, 2.45) is 0 Å². The summed E-state index contributed by atoms with van der Waals surface area (Å²) < 4.78 is 5.82. The van der Waals surface area contributed by atoms with Crippen LogP contribution in [0.5, 0.6) is 5.75 Å². The van der Waals surface area contributed by atoms with Gasteiger partial charge in [-0.3, -0.25) is 9.78 Å². The summed E-state index contributed by atoms with van der Waals surface area (Å²) in [6.45, 7) is 4.00. The molecular formula is C16H17N3O2S. The summed E-state index contributed by atoms with van der Waals surface area (Å²) in [5, 5.41) is 5.11. The predicted octanol–water partition coefficient (Wildman–Crippen LogP) is 3.48. The molecule has 0 saturated carbocycles. The minimum absolute atomic E-state index is 0.113. The molecule has 2 N–H and O–H groups in total. The Morgan fingerprint density at radius 3 is 2.64 bits per heavy atom. The van der Waals surface area contributed by atoms with Crippen molar-refractivity contribution in [1.29, 1.82) is 0 Å². The number of nitrogens with one attached hydrogen (secondary N) is 2. The van der Waals surface area contributed by atoms with Gasteiger partial charge in [0.25, 0.3) is 5.56 Å². The van der Waals surface area contributed by atoms with Crippen LogP contribution in [0.3, 0.4) is 0 Å². The van der Waals surface area contributed by atoms with E-state index in [1.54, 1.807) is 7.11 Å². The van der Waals surface area contributed by atoms with Gasteiger partial charge in [-0.1, -0.05) is 12.1 Å². The van der Waals surface area contributed by atoms with Crippen LogP contribution in [0.15, 0.2) is 34.4 Å². The fraction of sp³-hybridized carbons (Fsp3) is 0.250. The zero-order valence-electron chi connectivity index (χ0n) is 12.6. The number of aromatic amines is 1. The molecule has 0 spiro atoms. The van der Waals surface area contributed by atoms with Crippen molar-refractivity contribution in [2.45, 2.75) is 19.9 Å². The van der Waals surface area contributed by atoms with Crippen LogP contribution in [0.4, 0.5) is 5.95 Å². The number of fused-ring (bicyclic) bond motifs is 1. The summed E-state index contributed by atoms with van der Waals surface area (Å²) in [6.07, 6.45) is 0. The Morgan fingerprint density at radius 2 is 2.00 bits per heavy atom. The Morgan fingerprint density at radius 1 is 1.27 bits per heavy atom. The van der Waals surface area contributed by atoms with Crippen LogP contribution in [0.2, 0.25) is 0 Å². The smallest absolute Gasteiger partial charge is 0.270 e. The fourth-order valence-electron chi connectivity index (χ4n) is 2.25. The molecule has 0 aliphatic heterocycles. The SMILES string of the molecule is COc1ccc(-c2csc3c(=O)[nH]c(NC(C)C)nc23)cc1. The molecule has 0 amide bonds. The largest absolute Gasteiger partial charge is 0.497 e. The number of rotatable bonds is 4. The van der Waals surface area contributed by atoms with Gasteiger partial charge < -0.3 is 10.1 Å². The lowest BCUT2D eigenvalue weighted by atomic mass is 10.1. The molecule has 2 aromatic heterocycles. The van der Waals surface area contributed by atoms with Crippen LogP contribution in [-0.2, 0) is 0 Å². The molecule has 3 aromatic rings. The molecule has 22 heavy (non-hydrogen) atoms. The number of anilines is 1. The van der Waals surface area contributed by atoms with Gasteiger partial charge in [0.05, 0.1) is 12.6 Å². The highest BCUT2D eigenvalue weighted by atomic mass is 32.1. The van der Waals surface area contributed by atoms with Crippen LogP contribution in [-0.4, -0.2) is 23.1 Å². The third kappa shape index (κ3) is 2.69. The lowest BCUT2D eigenvalue weighted by Crippen LogP contribution is -2.17.